The first-order valence-electron chi connectivity index (χ1n) is 3.80. The van der Waals surface area contributed by atoms with Gasteiger partial charge in [-0.05, 0) is 31.5 Å². The molecule has 1 aromatic carbocycles. The summed E-state index contributed by atoms with van der Waals surface area (Å²) in [6.07, 6.45) is 3.55. The molecule has 0 aliphatic carbocycles. The van der Waals surface area contributed by atoms with Crippen molar-refractivity contribution in [3.8, 4) is 11.5 Å². The Kier molecular flexibility index (Phi) is 2.38. The maximum Gasteiger partial charge on any atom is 0.123 e. The van der Waals surface area contributed by atoms with Crippen molar-refractivity contribution >= 4 is 6.08 Å². The lowest BCUT2D eigenvalue weighted by Gasteiger charge is -2.02. The molecule has 0 aromatic heterocycles. The van der Waals surface area contributed by atoms with Crippen LogP contribution < -0.4 is 0 Å². The van der Waals surface area contributed by atoms with E-state index in [1.165, 1.54) is 0 Å². The topological polar surface area (TPSA) is 40.5 Å². The molecule has 2 heteroatoms. The fourth-order valence-corrected chi connectivity index (χ4v) is 1.01. The number of benzene rings is 1. The number of hydrogen-bond acceptors (Lipinski definition) is 2. The van der Waals surface area contributed by atoms with Crippen LogP contribution >= 0.6 is 0 Å². The minimum Gasteiger partial charge on any atom is -0.508 e. The molecule has 0 bridgehead atoms. The second-order valence-corrected chi connectivity index (χ2v) is 2.70. The summed E-state index contributed by atoms with van der Waals surface area (Å²) < 4.78 is 0. The number of allylic oxidation sites excluding steroid dienone is 1. The Morgan fingerprint density at radius 2 is 1.83 bits per heavy atom. The third-order valence-corrected chi connectivity index (χ3v) is 1.69. The second kappa shape index (κ2) is 3.30. The van der Waals surface area contributed by atoms with E-state index < -0.39 is 0 Å². The maximum absolute atomic E-state index is 9.38. The largest absolute Gasteiger partial charge is 0.508 e. The van der Waals surface area contributed by atoms with Crippen molar-refractivity contribution in [3.63, 3.8) is 0 Å². The van der Waals surface area contributed by atoms with Gasteiger partial charge in [-0.3, -0.25) is 0 Å². The highest BCUT2D eigenvalue weighted by molar-refractivity contribution is 5.60. The lowest BCUT2D eigenvalue weighted by Crippen LogP contribution is -1.79. The summed E-state index contributed by atoms with van der Waals surface area (Å²) in [5, 5.41) is 18.7. The zero-order valence-corrected chi connectivity index (χ0v) is 7.20. The summed E-state index contributed by atoms with van der Waals surface area (Å²) in [5.74, 6) is 0.407. The van der Waals surface area contributed by atoms with Gasteiger partial charge in [0.25, 0.3) is 0 Å². The van der Waals surface area contributed by atoms with Crippen LogP contribution in [-0.4, -0.2) is 10.2 Å². The van der Waals surface area contributed by atoms with Crippen molar-refractivity contribution in [1.29, 1.82) is 0 Å². The van der Waals surface area contributed by atoms with Crippen LogP contribution in [0.1, 0.15) is 18.1 Å². The maximum atomic E-state index is 9.38. The summed E-state index contributed by atoms with van der Waals surface area (Å²) in [4.78, 5) is 0. The predicted octanol–water partition coefficient (Wildman–Crippen LogP) is 2.44. The number of phenolic OH excluding ortho intramolecular Hbond substituents is 2. The van der Waals surface area contributed by atoms with Crippen LogP contribution in [0.2, 0.25) is 0 Å². The van der Waals surface area contributed by atoms with Crippen LogP contribution in [-0.2, 0) is 0 Å². The van der Waals surface area contributed by atoms with Gasteiger partial charge in [0, 0.05) is 5.56 Å². The van der Waals surface area contributed by atoms with Crippen molar-refractivity contribution in [2.45, 2.75) is 13.8 Å². The molecule has 1 aromatic rings. The molecule has 64 valence electrons. The lowest BCUT2D eigenvalue weighted by molar-refractivity contribution is 0.455. The van der Waals surface area contributed by atoms with Gasteiger partial charge in [-0.2, -0.15) is 0 Å². The highest BCUT2D eigenvalue weighted by atomic mass is 16.3. The molecule has 0 heterocycles. The fourth-order valence-electron chi connectivity index (χ4n) is 1.01. The van der Waals surface area contributed by atoms with Crippen molar-refractivity contribution in [3.05, 3.63) is 29.3 Å². The van der Waals surface area contributed by atoms with Crippen molar-refractivity contribution in [1.82, 2.24) is 0 Å². The quantitative estimate of drug-likeness (QED) is 0.626. The molecule has 0 fully saturated rings. The summed E-state index contributed by atoms with van der Waals surface area (Å²) in [6.45, 7) is 3.60. The predicted molar refractivity (Wildman–Crippen MR) is 49.2 cm³/mol. The number of aryl methyl sites for hydroxylation is 1. The van der Waals surface area contributed by atoms with E-state index in [2.05, 4.69) is 0 Å². The molecular formula is C10H12O2. The van der Waals surface area contributed by atoms with Crippen molar-refractivity contribution in [2.24, 2.45) is 0 Å². The molecule has 0 aliphatic heterocycles. The van der Waals surface area contributed by atoms with Gasteiger partial charge in [0.05, 0.1) is 0 Å². The minimum absolute atomic E-state index is 0.198. The monoisotopic (exact) mass is 164 g/mol. The molecule has 0 saturated carbocycles. The van der Waals surface area contributed by atoms with Gasteiger partial charge in [0.2, 0.25) is 0 Å². The SMILES string of the molecule is C/C=C/c1cc(O)c(C)cc1O. The average molecular weight is 164 g/mol. The summed E-state index contributed by atoms with van der Waals surface area (Å²) >= 11 is 0. The van der Waals surface area contributed by atoms with E-state index in [-0.39, 0.29) is 11.5 Å². The second-order valence-electron chi connectivity index (χ2n) is 2.70. The number of hydrogen-bond donors (Lipinski definition) is 2. The Morgan fingerprint density at radius 1 is 1.17 bits per heavy atom. The van der Waals surface area contributed by atoms with E-state index in [9.17, 15) is 10.2 Å². The van der Waals surface area contributed by atoms with Crippen LogP contribution in [0, 0.1) is 6.92 Å². The van der Waals surface area contributed by atoms with Crippen molar-refractivity contribution in [2.75, 3.05) is 0 Å². The Balaban J connectivity index is 3.23. The fraction of sp³-hybridized carbons (Fsp3) is 0.200. The van der Waals surface area contributed by atoms with Gasteiger partial charge in [0.15, 0.2) is 0 Å². The molecule has 0 spiro atoms. The van der Waals surface area contributed by atoms with Crippen molar-refractivity contribution < 1.29 is 10.2 Å². The van der Waals surface area contributed by atoms with Crippen LogP contribution in [0.5, 0.6) is 11.5 Å². The summed E-state index contributed by atoms with van der Waals surface area (Å²) in [6, 6.07) is 3.09. The third kappa shape index (κ3) is 1.59. The molecule has 0 amide bonds. The molecule has 12 heavy (non-hydrogen) atoms. The first-order chi connectivity index (χ1) is 5.65. The summed E-state index contributed by atoms with van der Waals surface area (Å²) in [7, 11) is 0. The molecule has 0 unspecified atom stereocenters. The van der Waals surface area contributed by atoms with Gasteiger partial charge in [0.1, 0.15) is 11.5 Å². The van der Waals surface area contributed by atoms with Gasteiger partial charge in [-0.15, -0.1) is 0 Å². The molecule has 2 nitrogen and oxygen atoms in total. The average Bonchev–Trinajstić information content (AvgIpc) is 2.01. The van der Waals surface area contributed by atoms with Crippen LogP contribution in [0.25, 0.3) is 6.08 Å². The van der Waals surface area contributed by atoms with E-state index in [0.29, 0.717) is 11.1 Å². The van der Waals surface area contributed by atoms with Gasteiger partial charge in [-0.25, -0.2) is 0 Å². The normalized spacial score (nSPS) is 10.8. The highest BCUT2D eigenvalue weighted by Crippen LogP contribution is 2.27. The Bertz CT molecular complexity index is 314. The standard InChI is InChI=1S/C10H12O2/c1-3-4-8-6-9(11)7(2)5-10(8)12/h3-6,11-12H,1-2H3/b4-3+. The Hall–Kier alpha value is -1.44. The van der Waals surface area contributed by atoms with Gasteiger partial charge < -0.3 is 10.2 Å². The highest BCUT2D eigenvalue weighted by Gasteiger charge is 2.01. The summed E-state index contributed by atoms with van der Waals surface area (Å²) in [5.41, 5.74) is 1.32. The minimum atomic E-state index is 0.198. The number of aromatic hydroxyl groups is 2. The first kappa shape index (κ1) is 8.65. The van der Waals surface area contributed by atoms with Crippen LogP contribution in [0.4, 0.5) is 0 Å². The lowest BCUT2D eigenvalue weighted by atomic mass is 10.1. The molecule has 1 rings (SSSR count). The molecule has 0 radical (unpaired) electrons. The first-order valence-corrected chi connectivity index (χ1v) is 3.80. The van der Waals surface area contributed by atoms with E-state index in [1.807, 2.05) is 13.0 Å². The Morgan fingerprint density at radius 3 is 2.42 bits per heavy atom. The number of phenols is 2. The van der Waals surface area contributed by atoms with E-state index in [4.69, 9.17) is 0 Å². The van der Waals surface area contributed by atoms with Crippen LogP contribution in [0.3, 0.4) is 0 Å². The van der Waals surface area contributed by atoms with Gasteiger partial charge >= 0.3 is 0 Å². The zero-order chi connectivity index (χ0) is 9.14. The third-order valence-electron chi connectivity index (χ3n) is 1.69. The molecule has 0 atom stereocenters. The van der Waals surface area contributed by atoms with Gasteiger partial charge in [-0.1, -0.05) is 12.2 Å². The molecule has 2 N–H and O–H groups in total. The number of rotatable bonds is 1. The smallest absolute Gasteiger partial charge is 0.123 e. The molecule has 0 saturated heterocycles. The Labute approximate surface area is 71.8 Å². The van der Waals surface area contributed by atoms with E-state index in [0.717, 1.165) is 0 Å². The zero-order valence-electron chi connectivity index (χ0n) is 7.20. The molecular weight excluding hydrogens is 152 g/mol. The van der Waals surface area contributed by atoms with E-state index >= 15 is 0 Å². The molecule has 0 aliphatic rings. The van der Waals surface area contributed by atoms with E-state index in [1.54, 1.807) is 25.1 Å². The van der Waals surface area contributed by atoms with Crippen LogP contribution in [0.15, 0.2) is 18.2 Å².